The average molecular weight is 391 g/mol. The molecule has 1 saturated heterocycles. The van der Waals surface area contributed by atoms with Crippen molar-refractivity contribution in [3.8, 4) is 0 Å². The Bertz CT molecular complexity index is 935. The van der Waals surface area contributed by atoms with Crippen LogP contribution in [0.3, 0.4) is 0 Å². The van der Waals surface area contributed by atoms with Gasteiger partial charge in [0.2, 0.25) is 17.7 Å². The predicted molar refractivity (Wildman–Crippen MR) is 113 cm³/mol. The molecule has 0 spiro atoms. The maximum absolute atomic E-state index is 12.7. The van der Waals surface area contributed by atoms with Crippen molar-refractivity contribution >= 4 is 34.8 Å². The van der Waals surface area contributed by atoms with Crippen LogP contribution in [0.15, 0.2) is 48.5 Å². The highest BCUT2D eigenvalue weighted by molar-refractivity contribution is 6.04. The van der Waals surface area contributed by atoms with Crippen LogP contribution in [0.5, 0.6) is 0 Å². The molecule has 4 rings (SSSR count). The fraction of sp³-hybridized carbons (Fsp3) is 0.348. The number of carbonyl (C=O) groups excluding carboxylic acids is 3. The fourth-order valence-electron chi connectivity index (χ4n) is 3.55. The molecule has 1 heterocycles. The third-order valence-corrected chi connectivity index (χ3v) is 5.50. The summed E-state index contributed by atoms with van der Waals surface area (Å²) in [5.41, 5.74) is 3.32. The number of aryl methyl sites for hydroxylation is 1. The lowest BCUT2D eigenvalue weighted by molar-refractivity contribution is -0.122. The molecular weight excluding hydrogens is 366 g/mol. The molecule has 1 atom stereocenters. The second-order valence-electron chi connectivity index (χ2n) is 7.76. The monoisotopic (exact) mass is 391 g/mol. The van der Waals surface area contributed by atoms with Crippen LogP contribution < -0.4 is 15.5 Å². The van der Waals surface area contributed by atoms with Gasteiger partial charge in [-0.2, -0.15) is 0 Å². The molecule has 1 saturated carbocycles. The summed E-state index contributed by atoms with van der Waals surface area (Å²) >= 11 is 0. The molecule has 6 heteroatoms. The third-order valence-electron chi connectivity index (χ3n) is 5.50. The van der Waals surface area contributed by atoms with Crippen LogP contribution in [-0.2, 0) is 20.8 Å². The standard InChI is InChI=1S/C23H25N3O3/c1-2-15-6-10-20(11-7-15)26-14-17(12-21(26)27)23(29)25-19-5-3-4-18(13-19)24-22(28)16-8-9-16/h3-7,10-11,13,16-17H,2,8-9,12,14H2,1H3,(H,24,28)(H,25,29). The quantitative estimate of drug-likeness (QED) is 0.790. The Labute approximate surface area is 170 Å². The minimum absolute atomic E-state index is 0.0274. The van der Waals surface area contributed by atoms with Crippen molar-refractivity contribution in [2.24, 2.45) is 11.8 Å². The summed E-state index contributed by atoms with van der Waals surface area (Å²) in [7, 11) is 0. The number of anilines is 3. The Morgan fingerprint density at radius 3 is 2.17 bits per heavy atom. The molecule has 2 aromatic carbocycles. The SMILES string of the molecule is CCc1ccc(N2CC(C(=O)Nc3cccc(NC(=O)C4CC4)c3)CC2=O)cc1. The third kappa shape index (κ3) is 4.47. The maximum Gasteiger partial charge on any atom is 0.229 e. The van der Waals surface area contributed by atoms with E-state index in [-0.39, 0.29) is 30.1 Å². The Hall–Kier alpha value is -3.15. The van der Waals surface area contributed by atoms with E-state index in [1.807, 2.05) is 24.3 Å². The van der Waals surface area contributed by atoms with Crippen LogP contribution in [0.25, 0.3) is 0 Å². The van der Waals surface area contributed by atoms with Gasteiger partial charge < -0.3 is 15.5 Å². The van der Waals surface area contributed by atoms with E-state index in [1.165, 1.54) is 5.56 Å². The van der Waals surface area contributed by atoms with Crippen molar-refractivity contribution in [1.82, 2.24) is 0 Å². The fourth-order valence-corrected chi connectivity index (χ4v) is 3.55. The zero-order valence-corrected chi connectivity index (χ0v) is 16.5. The first-order valence-electron chi connectivity index (χ1n) is 10.1. The van der Waals surface area contributed by atoms with E-state index in [0.717, 1.165) is 24.9 Å². The molecule has 3 amide bonds. The molecule has 29 heavy (non-hydrogen) atoms. The van der Waals surface area contributed by atoms with Crippen LogP contribution >= 0.6 is 0 Å². The average Bonchev–Trinajstić information content (AvgIpc) is 3.50. The van der Waals surface area contributed by atoms with E-state index in [0.29, 0.717) is 17.9 Å². The van der Waals surface area contributed by atoms with Gasteiger partial charge in [0.25, 0.3) is 0 Å². The van der Waals surface area contributed by atoms with Crippen molar-refractivity contribution in [2.45, 2.75) is 32.6 Å². The molecule has 2 N–H and O–H groups in total. The van der Waals surface area contributed by atoms with E-state index >= 15 is 0 Å². The minimum atomic E-state index is -0.405. The van der Waals surface area contributed by atoms with Gasteiger partial charge in [-0.15, -0.1) is 0 Å². The molecule has 1 aliphatic heterocycles. The van der Waals surface area contributed by atoms with Crippen LogP contribution in [0, 0.1) is 11.8 Å². The lowest BCUT2D eigenvalue weighted by Crippen LogP contribution is -2.28. The van der Waals surface area contributed by atoms with Crippen molar-refractivity contribution in [2.75, 3.05) is 22.1 Å². The molecule has 1 unspecified atom stereocenters. The Kier molecular flexibility index (Phi) is 5.34. The van der Waals surface area contributed by atoms with Gasteiger partial charge in [0.1, 0.15) is 0 Å². The summed E-state index contributed by atoms with van der Waals surface area (Å²) in [5.74, 6) is -0.482. The second kappa shape index (κ2) is 8.07. The van der Waals surface area contributed by atoms with Crippen LogP contribution in [0.2, 0.25) is 0 Å². The number of hydrogen-bond donors (Lipinski definition) is 2. The molecule has 1 aliphatic carbocycles. The highest BCUT2D eigenvalue weighted by Crippen LogP contribution is 2.31. The van der Waals surface area contributed by atoms with Gasteiger partial charge in [-0.1, -0.05) is 25.1 Å². The van der Waals surface area contributed by atoms with E-state index in [9.17, 15) is 14.4 Å². The zero-order chi connectivity index (χ0) is 20.4. The van der Waals surface area contributed by atoms with Crippen LogP contribution in [-0.4, -0.2) is 24.3 Å². The lowest BCUT2D eigenvalue weighted by atomic mass is 10.1. The topological polar surface area (TPSA) is 78.5 Å². The molecule has 0 bridgehead atoms. The molecule has 0 aromatic heterocycles. The zero-order valence-electron chi connectivity index (χ0n) is 16.5. The Balaban J connectivity index is 1.38. The second-order valence-corrected chi connectivity index (χ2v) is 7.76. The molecule has 2 aromatic rings. The van der Waals surface area contributed by atoms with Crippen LogP contribution in [0.1, 0.15) is 31.7 Å². The normalized spacial score (nSPS) is 18.6. The molecular formula is C23H25N3O3. The van der Waals surface area contributed by atoms with Gasteiger partial charge >= 0.3 is 0 Å². The summed E-state index contributed by atoms with van der Waals surface area (Å²) in [6.45, 7) is 2.46. The van der Waals surface area contributed by atoms with Gasteiger partial charge in [0, 0.05) is 35.9 Å². The first kappa shape index (κ1) is 19.2. The van der Waals surface area contributed by atoms with Gasteiger partial charge in [0.15, 0.2) is 0 Å². The predicted octanol–water partition coefficient (Wildman–Crippen LogP) is 3.59. The van der Waals surface area contributed by atoms with E-state index in [1.54, 1.807) is 29.2 Å². The minimum Gasteiger partial charge on any atom is -0.326 e. The molecule has 2 fully saturated rings. The van der Waals surface area contributed by atoms with Crippen molar-refractivity contribution in [1.29, 1.82) is 0 Å². The summed E-state index contributed by atoms with van der Waals surface area (Å²) in [6, 6.07) is 15.0. The molecule has 150 valence electrons. The van der Waals surface area contributed by atoms with Crippen molar-refractivity contribution in [3.63, 3.8) is 0 Å². The summed E-state index contributed by atoms with van der Waals surface area (Å²) in [5, 5.41) is 5.76. The summed E-state index contributed by atoms with van der Waals surface area (Å²) in [6.07, 6.45) is 3.02. The maximum atomic E-state index is 12.7. The largest absolute Gasteiger partial charge is 0.326 e. The lowest BCUT2D eigenvalue weighted by Gasteiger charge is -2.17. The molecule has 2 aliphatic rings. The number of hydrogen-bond acceptors (Lipinski definition) is 3. The van der Waals surface area contributed by atoms with Gasteiger partial charge in [-0.05, 0) is 55.2 Å². The Morgan fingerprint density at radius 1 is 0.966 bits per heavy atom. The van der Waals surface area contributed by atoms with Gasteiger partial charge in [-0.3, -0.25) is 14.4 Å². The smallest absolute Gasteiger partial charge is 0.229 e. The van der Waals surface area contributed by atoms with Gasteiger partial charge in [-0.25, -0.2) is 0 Å². The summed E-state index contributed by atoms with van der Waals surface area (Å²) in [4.78, 5) is 38.8. The molecule has 6 nitrogen and oxygen atoms in total. The number of rotatable bonds is 6. The van der Waals surface area contributed by atoms with E-state index in [2.05, 4.69) is 17.6 Å². The number of nitrogens with zero attached hydrogens (tertiary/aromatic N) is 1. The van der Waals surface area contributed by atoms with Crippen LogP contribution in [0.4, 0.5) is 17.1 Å². The number of amides is 3. The Morgan fingerprint density at radius 2 is 1.59 bits per heavy atom. The number of benzene rings is 2. The number of carbonyl (C=O) groups is 3. The van der Waals surface area contributed by atoms with Crippen molar-refractivity contribution < 1.29 is 14.4 Å². The summed E-state index contributed by atoms with van der Waals surface area (Å²) < 4.78 is 0. The van der Waals surface area contributed by atoms with Crippen molar-refractivity contribution in [3.05, 3.63) is 54.1 Å². The number of nitrogens with one attached hydrogen (secondary N) is 2. The highest BCUT2D eigenvalue weighted by Gasteiger charge is 2.35. The first-order valence-corrected chi connectivity index (χ1v) is 10.1. The highest BCUT2D eigenvalue weighted by atomic mass is 16.2. The first-order chi connectivity index (χ1) is 14.0. The van der Waals surface area contributed by atoms with Gasteiger partial charge in [0.05, 0.1) is 5.92 Å². The van der Waals surface area contributed by atoms with E-state index in [4.69, 9.17) is 0 Å². The van der Waals surface area contributed by atoms with E-state index < -0.39 is 5.92 Å². The molecule has 0 radical (unpaired) electrons.